The number of nitrogens with zero attached hydrogens (tertiary/aromatic N) is 1. The fourth-order valence-electron chi connectivity index (χ4n) is 4.16. The fraction of sp³-hybridized carbons (Fsp3) is 0.269. The molecule has 0 saturated carbocycles. The minimum Gasteiger partial charge on any atom is -0.395 e. The molecule has 1 heterocycles. The summed E-state index contributed by atoms with van der Waals surface area (Å²) < 4.78 is 24.3. The highest BCUT2D eigenvalue weighted by molar-refractivity contribution is 7.91. The minimum absolute atomic E-state index is 0.0286. The molecule has 0 spiro atoms. The number of rotatable bonds is 7. The van der Waals surface area contributed by atoms with Gasteiger partial charge in [0.25, 0.3) is 0 Å². The van der Waals surface area contributed by atoms with Crippen LogP contribution in [0.1, 0.15) is 49.6 Å². The average molecular weight is 517 g/mol. The maximum absolute atomic E-state index is 12.1. The Hall–Kier alpha value is -2.38. The van der Waals surface area contributed by atoms with Gasteiger partial charge < -0.3 is 10.1 Å². The number of aromatic amines is 1. The van der Waals surface area contributed by atoms with Crippen LogP contribution in [0.3, 0.4) is 0 Å². The molecule has 8 heteroatoms. The number of nitrogens with one attached hydrogen (secondary N) is 1. The van der Waals surface area contributed by atoms with Gasteiger partial charge in [0.15, 0.2) is 9.84 Å². The highest BCUT2D eigenvalue weighted by atomic mass is 35.5. The van der Waals surface area contributed by atoms with Gasteiger partial charge in [-0.2, -0.15) is 0 Å². The number of sulfone groups is 1. The number of fused-ring (bicyclic) bond motifs is 1. The first kappa shape index (κ1) is 24.7. The van der Waals surface area contributed by atoms with Crippen LogP contribution in [0.2, 0.25) is 10.0 Å². The van der Waals surface area contributed by atoms with E-state index in [1.807, 2.05) is 18.2 Å². The molecule has 5 nitrogen and oxygen atoms in total. The number of halogens is 2. The van der Waals surface area contributed by atoms with Crippen LogP contribution in [0.5, 0.6) is 0 Å². The van der Waals surface area contributed by atoms with Crippen LogP contribution in [-0.4, -0.2) is 35.9 Å². The van der Waals surface area contributed by atoms with Gasteiger partial charge in [-0.3, -0.25) is 0 Å². The molecule has 1 aromatic heterocycles. The summed E-state index contributed by atoms with van der Waals surface area (Å²) in [7, 11) is -3.30. The van der Waals surface area contributed by atoms with Crippen LogP contribution in [0.15, 0.2) is 59.5 Å². The summed E-state index contributed by atoms with van der Waals surface area (Å²) >= 11 is 13.6. The number of aromatic nitrogens is 2. The number of aliphatic hydroxyl groups excluding tert-OH is 1. The molecule has 0 saturated heterocycles. The van der Waals surface area contributed by atoms with E-state index in [4.69, 9.17) is 28.2 Å². The SMILES string of the molecule is CCS(=O)(=O)c1ccc(C(CO)c2nc3c(Cl)c(-c4ccccc4C(C)C)c(Cl)cc3[nH]2)cc1. The summed E-state index contributed by atoms with van der Waals surface area (Å²) in [4.78, 5) is 8.22. The molecule has 0 aliphatic heterocycles. The van der Waals surface area contributed by atoms with Crippen molar-refractivity contribution < 1.29 is 13.5 Å². The average Bonchev–Trinajstić information content (AvgIpc) is 3.24. The maximum atomic E-state index is 12.1. The van der Waals surface area contributed by atoms with Crippen LogP contribution < -0.4 is 0 Å². The van der Waals surface area contributed by atoms with Crippen molar-refractivity contribution in [3.63, 3.8) is 0 Å². The predicted octanol–water partition coefficient (Wildman–Crippen LogP) is 6.58. The van der Waals surface area contributed by atoms with Crippen molar-refractivity contribution in [1.29, 1.82) is 0 Å². The lowest BCUT2D eigenvalue weighted by Crippen LogP contribution is -2.09. The first-order chi connectivity index (χ1) is 16.2. The predicted molar refractivity (Wildman–Crippen MR) is 139 cm³/mol. The second-order valence-electron chi connectivity index (χ2n) is 8.52. The van der Waals surface area contributed by atoms with E-state index in [1.54, 1.807) is 37.3 Å². The molecule has 178 valence electrons. The second kappa shape index (κ2) is 9.70. The molecule has 2 N–H and O–H groups in total. The fourth-order valence-corrected chi connectivity index (χ4v) is 5.75. The summed E-state index contributed by atoms with van der Waals surface area (Å²) in [5.74, 6) is 0.357. The Morgan fingerprint density at radius 3 is 2.35 bits per heavy atom. The molecule has 0 aliphatic carbocycles. The van der Waals surface area contributed by atoms with E-state index in [0.717, 1.165) is 22.3 Å². The zero-order valence-electron chi connectivity index (χ0n) is 19.1. The van der Waals surface area contributed by atoms with Crippen molar-refractivity contribution in [2.24, 2.45) is 0 Å². The van der Waals surface area contributed by atoms with Gasteiger partial charge in [-0.25, -0.2) is 13.4 Å². The molecule has 0 aliphatic rings. The molecule has 1 atom stereocenters. The number of benzene rings is 3. The van der Waals surface area contributed by atoms with Crippen molar-refractivity contribution >= 4 is 44.1 Å². The number of hydrogen-bond donors (Lipinski definition) is 2. The topological polar surface area (TPSA) is 83.1 Å². The third kappa shape index (κ3) is 4.48. The van der Waals surface area contributed by atoms with E-state index in [9.17, 15) is 13.5 Å². The lowest BCUT2D eigenvalue weighted by Gasteiger charge is -2.15. The van der Waals surface area contributed by atoms with Gasteiger partial charge in [-0.1, -0.05) is 80.4 Å². The lowest BCUT2D eigenvalue weighted by atomic mass is 9.92. The Bertz CT molecular complexity index is 1450. The van der Waals surface area contributed by atoms with E-state index in [0.29, 0.717) is 26.9 Å². The largest absolute Gasteiger partial charge is 0.395 e. The van der Waals surface area contributed by atoms with Crippen molar-refractivity contribution in [1.82, 2.24) is 9.97 Å². The molecule has 3 aromatic carbocycles. The third-order valence-corrected chi connectivity index (χ3v) is 8.49. The van der Waals surface area contributed by atoms with Crippen LogP contribution in [-0.2, 0) is 9.84 Å². The lowest BCUT2D eigenvalue weighted by molar-refractivity contribution is 0.277. The Labute approximate surface area is 209 Å². The first-order valence-electron chi connectivity index (χ1n) is 11.1. The molecule has 4 rings (SSSR count). The molecule has 0 radical (unpaired) electrons. The normalized spacial score (nSPS) is 13.0. The Morgan fingerprint density at radius 2 is 1.74 bits per heavy atom. The van der Waals surface area contributed by atoms with Gasteiger partial charge in [0.2, 0.25) is 0 Å². The molecule has 0 bridgehead atoms. The number of H-pyrrole nitrogens is 1. The highest BCUT2D eigenvalue weighted by Gasteiger charge is 2.23. The van der Waals surface area contributed by atoms with E-state index < -0.39 is 15.8 Å². The molecular weight excluding hydrogens is 491 g/mol. The summed E-state index contributed by atoms with van der Waals surface area (Å²) in [5, 5.41) is 11.1. The molecule has 1 unspecified atom stereocenters. The maximum Gasteiger partial charge on any atom is 0.178 e. The minimum atomic E-state index is -3.30. The summed E-state index contributed by atoms with van der Waals surface area (Å²) in [5.41, 5.74) is 4.80. The van der Waals surface area contributed by atoms with Crippen molar-refractivity contribution in [3.8, 4) is 11.1 Å². The van der Waals surface area contributed by atoms with Crippen molar-refractivity contribution in [3.05, 3.63) is 81.6 Å². The third-order valence-electron chi connectivity index (χ3n) is 6.07. The van der Waals surface area contributed by atoms with Gasteiger partial charge in [0.1, 0.15) is 11.3 Å². The van der Waals surface area contributed by atoms with E-state index in [2.05, 4.69) is 24.9 Å². The summed E-state index contributed by atoms with van der Waals surface area (Å²) in [6, 6.07) is 16.4. The Morgan fingerprint density at radius 1 is 1.06 bits per heavy atom. The highest BCUT2D eigenvalue weighted by Crippen LogP contribution is 2.42. The summed E-state index contributed by atoms with van der Waals surface area (Å²) in [6.07, 6.45) is 0. The smallest absolute Gasteiger partial charge is 0.178 e. The van der Waals surface area contributed by atoms with Gasteiger partial charge in [0, 0.05) is 5.56 Å². The molecular formula is C26H26Cl2N2O3S. The van der Waals surface area contributed by atoms with Crippen molar-refractivity contribution in [2.75, 3.05) is 12.4 Å². The van der Waals surface area contributed by atoms with Crippen LogP contribution >= 0.6 is 23.2 Å². The molecule has 34 heavy (non-hydrogen) atoms. The second-order valence-corrected chi connectivity index (χ2v) is 11.6. The molecule has 4 aromatic rings. The first-order valence-corrected chi connectivity index (χ1v) is 13.5. The monoisotopic (exact) mass is 516 g/mol. The number of aliphatic hydroxyl groups is 1. The number of imidazole rings is 1. The van der Waals surface area contributed by atoms with E-state index in [-0.39, 0.29) is 23.2 Å². The summed E-state index contributed by atoms with van der Waals surface area (Å²) in [6.45, 7) is 5.63. The Balaban J connectivity index is 1.81. The quantitative estimate of drug-likeness (QED) is 0.290. The van der Waals surface area contributed by atoms with Gasteiger partial charge in [-0.15, -0.1) is 0 Å². The van der Waals surface area contributed by atoms with Crippen LogP contribution in [0, 0.1) is 0 Å². The van der Waals surface area contributed by atoms with Gasteiger partial charge in [0.05, 0.1) is 38.7 Å². The zero-order valence-corrected chi connectivity index (χ0v) is 21.5. The molecule has 0 amide bonds. The van der Waals surface area contributed by atoms with Crippen LogP contribution in [0.4, 0.5) is 0 Å². The molecule has 0 fully saturated rings. The standard InChI is InChI=1S/C26H26Cl2N2O3S/c1-4-34(32,33)17-11-9-16(10-12-17)20(14-31)26-29-22-13-21(27)23(24(28)25(22)30-26)19-8-6-5-7-18(19)15(2)3/h5-13,15,20,31H,4,14H2,1-3H3,(H,29,30). The Kier molecular flexibility index (Phi) is 7.06. The zero-order chi connectivity index (χ0) is 24.6. The van der Waals surface area contributed by atoms with Gasteiger partial charge in [-0.05, 0) is 40.8 Å². The van der Waals surface area contributed by atoms with Crippen molar-refractivity contribution in [2.45, 2.75) is 37.5 Å². The van der Waals surface area contributed by atoms with E-state index >= 15 is 0 Å². The van der Waals surface area contributed by atoms with Crippen LogP contribution in [0.25, 0.3) is 22.2 Å². The number of hydrogen-bond acceptors (Lipinski definition) is 4. The van der Waals surface area contributed by atoms with Gasteiger partial charge >= 0.3 is 0 Å². The van der Waals surface area contributed by atoms with E-state index in [1.165, 1.54) is 0 Å².